The van der Waals surface area contributed by atoms with Crippen molar-refractivity contribution in [1.82, 2.24) is 10.3 Å². The van der Waals surface area contributed by atoms with Crippen LogP contribution in [0.5, 0.6) is 0 Å². The number of aromatic nitrogens is 1. The first kappa shape index (κ1) is 16.2. The fourth-order valence-corrected chi connectivity index (χ4v) is 2.63. The Bertz CT molecular complexity index is 933. The fraction of sp³-hybridized carbons (Fsp3) is 0.222. The quantitative estimate of drug-likeness (QED) is 0.472. The molecule has 3 rings (SSSR count). The molecule has 0 aliphatic rings. The van der Waals surface area contributed by atoms with Gasteiger partial charge >= 0.3 is 0 Å². The van der Waals surface area contributed by atoms with Crippen molar-refractivity contribution in [2.45, 2.75) is 0 Å². The molecule has 1 aromatic heterocycles. The van der Waals surface area contributed by atoms with Crippen molar-refractivity contribution in [2.75, 3.05) is 26.4 Å². The van der Waals surface area contributed by atoms with Gasteiger partial charge in [0.25, 0.3) is 5.91 Å². The molecule has 0 atom stereocenters. The van der Waals surface area contributed by atoms with Crippen molar-refractivity contribution < 1.29 is 14.6 Å². The molecule has 0 saturated carbocycles. The topological polar surface area (TPSA) is 91.4 Å². The van der Waals surface area contributed by atoms with Crippen LogP contribution >= 0.6 is 0 Å². The van der Waals surface area contributed by atoms with E-state index in [1.54, 1.807) is 24.3 Å². The average Bonchev–Trinajstić information content (AvgIpc) is 2.61. The van der Waals surface area contributed by atoms with Gasteiger partial charge in [-0.2, -0.15) is 0 Å². The summed E-state index contributed by atoms with van der Waals surface area (Å²) in [5.74, 6) is -0.279. The normalized spacial score (nSPS) is 11.0. The minimum Gasteiger partial charge on any atom is -0.394 e. The number of rotatable bonds is 6. The smallest absolute Gasteiger partial charge is 0.253 e. The van der Waals surface area contributed by atoms with E-state index >= 15 is 0 Å². The predicted molar refractivity (Wildman–Crippen MR) is 92.3 cm³/mol. The monoisotopic (exact) mass is 326 g/mol. The number of H-pyrrole nitrogens is 1. The van der Waals surface area contributed by atoms with Crippen LogP contribution in [-0.2, 0) is 4.74 Å². The number of hydrogen-bond acceptors (Lipinski definition) is 4. The molecule has 0 radical (unpaired) electrons. The second-order valence-corrected chi connectivity index (χ2v) is 5.32. The van der Waals surface area contributed by atoms with E-state index in [1.807, 2.05) is 18.2 Å². The van der Waals surface area contributed by atoms with Crippen molar-refractivity contribution in [3.8, 4) is 0 Å². The molecule has 124 valence electrons. The van der Waals surface area contributed by atoms with E-state index in [0.29, 0.717) is 40.5 Å². The summed E-state index contributed by atoms with van der Waals surface area (Å²) in [6, 6.07) is 12.3. The first-order chi connectivity index (χ1) is 11.7. The highest BCUT2D eigenvalue weighted by molar-refractivity contribution is 6.07. The molecule has 0 bridgehead atoms. The second kappa shape index (κ2) is 7.25. The zero-order valence-corrected chi connectivity index (χ0v) is 13.0. The van der Waals surface area contributed by atoms with E-state index in [1.165, 1.54) is 0 Å². The number of nitrogens with one attached hydrogen (secondary N) is 2. The van der Waals surface area contributed by atoms with Gasteiger partial charge in [-0.05, 0) is 24.3 Å². The second-order valence-electron chi connectivity index (χ2n) is 5.32. The Kier molecular flexibility index (Phi) is 4.88. The number of ether oxygens (including phenoxy) is 1. The maximum absolute atomic E-state index is 12.6. The SMILES string of the molecule is O=C(NCCOCCO)c1cccc2c(=O)c3ccccc3[nH]c12. The standard InChI is InChI=1S/C18H18N2O4/c21-9-11-24-10-8-19-18(23)14-6-3-5-13-16(14)20-15-7-2-1-4-12(15)17(13)22/h1-7,21H,8-11H2,(H,19,23)(H,20,22). The molecule has 3 N–H and O–H groups in total. The maximum Gasteiger partial charge on any atom is 0.253 e. The van der Waals surface area contributed by atoms with Gasteiger partial charge in [0.1, 0.15) is 0 Å². The number of aliphatic hydroxyl groups is 1. The molecule has 0 saturated heterocycles. The van der Waals surface area contributed by atoms with Crippen LogP contribution in [0.1, 0.15) is 10.4 Å². The zero-order valence-electron chi connectivity index (χ0n) is 13.0. The summed E-state index contributed by atoms with van der Waals surface area (Å²) in [6.45, 7) is 0.832. The van der Waals surface area contributed by atoms with Crippen molar-refractivity contribution in [2.24, 2.45) is 0 Å². The molecule has 0 fully saturated rings. The summed E-state index contributed by atoms with van der Waals surface area (Å²) in [5.41, 5.74) is 1.54. The van der Waals surface area contributed by atoms with Crippen LogP contribution in [0.3, 0.4) is 0 Å². The number of fused-ring (bicyclic) bond motifs is 2. The van der Waals surface area contributed by atoms with Gasteiger partial charge in [-0.25, -0.2) is 0 Å². The van der Waals surface area contributed by atoms with Crippen molar-refractivity contribution in [3.05, 3.63) is 58.3 Å². The van der Waals surface area contributed by atoms with Crippen LogP contribution < -0.4 is 10.7 Å². The van der Waals surface area contributed by atoms with Crippen molar-refractivity contribution >= 4 is 27.7 Å². The van der Waals surface area contributed by atoms with Crippen LogP contribution in [-0.4, -0.2) is 42.4 Å². The van der Waals surface area contributed by atoms with Gasteiger partial charge in [-0.15, -0.1) is 0 Å². The Morgan fingerprint density at radius 1 is 1.08 bits per heavy atom. The molecular weight excluding hydrogens is 308 g/mol. The largest absolute Gasteiger partial charge is 0.394 e. The van der Waals surface area contributed by atoms with Gasteiger partial charge < -0.3 is 20.1 Å². The molecule has 1 heterocycles. The molecule has 0 spiro atoms. The maximum atomic E-state index is 12.6. The summed E-state index contributed by atoms with van der Waals surface area (Å²) in [7, 11) is 0. The van der Waals surface area contributed by atoms with Gasteiger partial charge in [0, 0.05) is 22.8 Å². The Labute approximate surface area is 138 Å². The van der Waals surface area contributed by atoms with Gasteiger partial charge in [0.15, 0.2) is 5.43 Å². The Balaban J connectivity index is 1.94. The van der Waals surface area contributed by atoms with E-state index in [2.05, 4.69) is 10.3 Å². The summed E-state index contributed by atoms with van der Waals surface area (Å²) in [4.78, 5) is 28.2. The van der Waals surface area contributed by atoms with Gasteiger partial charge in [-0.1, -0.05) is 18.2 Å². The van der Waals surface area contributed by atoms with Crippen molar-refractivity contribution in [3.63, 3.8) is 0 Å². The molecule has 6 nitrogen and oxygen atoms in total. The minimum absolute atomic E-state index is 0.0500. The molecule has 3 aromatic rings. The van der Waals surface area contributed by atoms with Crippen LogP contribution in [0.2, 0.25) is 0 Å². The zero-order chi connectivity index (χ0) is 16.9. The molecule has 0 aliphatic carbocycles. The van der Waals surface area contributed by atoms with E-state index < -0.39 is 0 Å². The van der Waals surface area contributed by atoms with Gasteiger partial charge in [-0.3, -0.25) is 9.59 Å². The minimum atomic E-state index is -0.279. The molecule has 24 heavy (non-hydrogen) atoms. The number of aliphatic hydroxyl groups excluding tert-OH is 1. The Morgan fingerprint density at radius 2 is 1.88 bits per heavy atom. The third kappa shape index (κ3) is 3.15. The summed E-state index contributed by atoms with van der Waals surface area (Å²) >= 11 is 0. The van der Waals surface area contributed by atoms with Gasteiger partial charge in [0.05, 0.1) is 30.9 Å². The number of hydrogen-bond donors (Lipinski definition) is 3. The lowest BCUT2D eigenvalue weighted by Gasteiger charge is -2.09. The third-order valence-corrected chi connectivity index (χ3v) is 3.75. The number of para-hydroxylation sites is 2. The molecule has 6 heteroatoms. The van der Waals surface area contributed by atoms with Crippen LogP contribution in [0.4, 0.5) is 0 Å². The van der Waals surface area contributed by atoms with Crippen LogP contribution in [0.15, 0.2) is 47.3 Å². The first-order valence-corrected chi connectivity index (χ1v) is 7.73. The predicted octanol–water partition coefficient (Wildman–Crippen LogP) is 1.42. The number of carbonyl (C=O) groups is 1. The molecule has 1 amide bonds. The lowest BCUT2D eigenvalue weighted by Crippen LogP contribution is -2.28. The van der Waals surface area contributed by atoms with E-state index in [0.717, 1.165) is 0 Å². The summed E-state index contributed by atoms with van der Waals surface area (Å²) in [5, 5.41) is 12.5. The van der Waals surface area contributed by atoms with Gasteiger partial charge in [0.2, 0.25) is 0 Å². The number of benzene rings is 2. The Hall–Kier alpha value is -2.70. The first-order valence-electron chi connectivity index (χ1n) is 7.73. The molecule has 0 unspecified atom stereocenters. The Morgan fingerprint density at radius 3 is 2.71 bits per heavy atom. The lowest BCUT2D eigenvalue weighted by atomic mass is 10.1. The third-order valence-electron chi connectivity index (χ3n) is 3.75. The molecule has 0 aliphatic heterocycles. The summed E-state index contributed by atoms with van der Waals surface area (Å²) < 4.78 is 5.11. The fourth-order valence-electron chi connectivity index (χ4n) is 2.63. The highest BCUT2D eigenvalue weighted by atomic mass is 16.5. The lowest BCUT2D eigenvalue weighted by molar-refractivity contribution is 0.0839. The molecular formula is C18H18N2O4. The molecule has 2 aromatic carbocycles. The van der Waals surface area contributed by atoms with Crippen molar-refractivity contribution in [1.29, 1.82) is 0 Å². The highest BCUT2D eigenvalue weighted by Gasteiger charge is 2.13. The highest BCUT2D eigenvalue weighted by Crippen LogP contribution is 2.18. The average molecular weight is 326 g/mol. The van der Waals surface area contributed by atoms with Crippen LogP contribution in [0, 0.1) is 0 Å². The summed E-state index contributed by atoms with van der Waals surface area (Å²) in [6.07, 6.45) is 0. The number of carbonyl (C=O) groups excluding carboxylic acids is 1. The van der Waals surface area contributed by atoms with E-state index in [9.17, 15) is 9.59 Å². The number of pyridine rings is 1. The van der Waals surface area contributed by atoms with E-state index in [-0.39, 0.29) is 24.5 Å². The number of amides is 1. The van der Waals surface area contributed by atoms with Crippen LogP contribution in [0.25, 0.3) is 21.8 Å². The van der Waals surface area contributed by atoms with E-state index in [4.69, 9.17) is 9.84 Å². The number of aromatic amines is 1.